The molecule has 0 aliphatic carbocycles. The highest BCUT2D eigenvalue weighted by molar-refractivity contribution is 7.09. The predicted molar refractivity (Wildman–Crippen MR) is 68.0 cm³/mol. The van der Waals surface area contributed by atoms with Gasteiger partial charge in [-0.3, -0.25) is 4.79 Å². The van der Waals surface area contributed by atoms with Crippen LogP contribution >= 0.6 is 11.3 Å². The van der Waals surface area contributed by atoms with Gasteiger partial charge >= 0.3 is 0 Å². The fourth-order valence-electron chi connectivity index (χ4n) is 1.10. The number of nitrogens with one attached hydrogen (secondary N) is 1. The van der Waals surface area contributed by atoms with Gasteiger partial charge in [-0.2, -0.15) is 0 Å². The van der Waals surface area contributed by atoms with Crippen molar-refractivity contribution in [3.63, 3.8) is 0 Å². The summed E-state index contributed by atoms with van der Waals surface area (Å²) in [7, 11) is 0. The first-order valence-electron chi connectivity index (χ1n) is 5.39. The molecule has 0 saturated carbocycles. The van der Waals surface area contributed by atoms with E-state index >= 15 is 0 Å². The third kappa shape index (κ3) is 5.08. The molecular weight excluding hydrogens is 238 g/mol. The van der Waals surface area contributed by atoms with E-state index < -0.39 is 0 Å². The van der Waals surface area contributed by atoms with Gasteiger partial charge in [-0.25, -0.2) is 4.98 Å². The molecule has 0 unspecified atom stereocenters. The number of ether oxygens (including phenoxy) is 1. The summed E-state index contributed by atoms with van der Waals surface area (Å²) in [6.07, 6.45) is 2.61. The second-order valence-corrected chi connectivity index (χ2v) is 4.22. The molecule has 0 aliphatic heterocycles. The smallest absolute Gasteiger partial charge is 0.270 e. The van der Waals surface area contributed by atoms with Crippen molar-refractivity contribution < 1.29 is 9.53 Å². The Hall–Kier alpha value is -1.24. The lowest BCUT2D eigenvalue weighted by Crippen LogP contribution is -2.27. The largest absolute Gasteiger partial charge is 0.379 e. The minimum Gasteiger partial charge on any atom is -0.379 e. The van der Waals surface area contributed by atoms with Gasteiger partial charge < -0.3 is 15.8 Å². The molecule has 6 heteroatoms. The lowest BCUT2D eigenvalue weighted by Gasteiger charge is -2.03. The molecule has 1 heterocycles. The Morgan fingerprint density at radius 3 is 3.12 bits per heavy atom. The van der Waals surface area contributed by atoms with Crippen LogP contribution in [0.5, 0.6) is 0 Å². The Balaban J connectivity index is 2.18. The number of carbonyl (C=O) groups is 1. The van der Waals surface area contributed by atoms with E-state index in [0.29, 0.717) is 32.0 Å². The van der Waals surface area contributed by atoms with E-state index in [-0.39, 0.29) is 5.91 Å². The van der Waals surface area contributed by atoms with Gasteiger partial charge in [0.05, 0.1) is 13.2 Å². The molecule has 94 valence electrons. The van der Waals surface area contributed by atoms with Crippen molar-refractivity contribution in [2.45, 2.75) is 13.0 Å². The van der Waals surface area contributed by atoms with E-state index in [2.05, 4.69) is 16.9 Å². The Bertz CT molecular complexity index is 365. The van der Waals surface area contributed by atoms with Crippen molar-refractivity contribution in [1.82, 2.24) is 10.3 Å². The molecule has 0 aliphatic rings. The van der Waals surface area contributed by atoms with Crippen LogP contribution in [0.2, 0.25) is 0 Å². The summed E-state index contributed by atoms with van der Waals surface area (Å²) in [4.78, 5) is 15.7. The average molecular weight is 255 g/mol. The Kier molecular flexibility index (Phi) is 6.46. The van der Waals surface area contributed by atoms with Crippen LogP contribution in [0.4, 0.5) is 0 Å². The predicted octanol–water partition coefficient (Wildman–Crippen LogP) is 0.924. The van der Waals surface area contributed by atoms with Gasteiger partial charge in [0.2, 0.25) is 0 Å². The second kappa shape index (κ2) is 7.94. The highest BCUT2D eigenvalue weighted by Crippen LogP contribution is 2.08. The van der Waals surface area contributed by atoms with Crippen LogP contribution in [-0.2, 0) is 11.3 Å². The van der Waals surface area contributed by atoms with E-state index in [1.165, 1.54) is 11.3 Å². The molecule has 0 bridgehead atoms. The van der Waals surface area contributed by atoms with E-state index in [1.807, 2.05) is 0 Å². The van der Waals surface area contributed by atoms with E-state index in [9.17, 15) is 4.79 Å². The molecule has 17 heavy (non-hydrogen) atoms. The average Bonchev–Trinajstić information content (AvgIpc) is 2.82. The Morgan fingerprint density at radius 2 is 2.47 bits per heavy atom. The molecule has 1 aromatic heterocycles. The third-order valence-electron chi connectivity index (χ3n) is 1.96. The van der Waals surface area contributed by atoms with Crippen molar-refractivity contribution in [1.29, 1.82) is 0 Å². The lowest BCUT2D eigenvalue weighted by molar-refractivity contribution is 0.0913. The van der Waals surface area contributed by atoms with Crippen molar-refractivity contribution in [2.24, 2.45) is 5.73 Å². The van der Waals surface area contributed by atoms with Gasteiger partial charge in [0, 0.05) is 18.5 Å². The summed E-state index contributed by atoms with van der Waals surface area (Å²) >= 11 is 1.39. The first-order chi connectivity index (χ1) is 8.27. The minimum atomic E-state index is -0.187. The van der Waals surface area contributed by atoms with Crippen LogP contribution in [0.1, 0.15) is 21.9 Å². The molecule has 3 N–H and O–H groups in total. The quantitative estimate of drug-likeness (QED) is 0.535. The summed E-state index contributed by atoms with van der Waals surface area (Å²) < 4.78 is 5.26. The first-order valence-corrected chi connectivity index (χ1v) is 6.27. The van der Waals surface area contributed by atoms with Gasteiger partial charge in [-0.15, -0.1) is 17.9 Å². The van der Waals surface area contributed by atoms with Crippen molar-refractivity contribution in [2.75, 3.05) is 19.8 Å². The topological polar surface area (TPSA) is 77.2 Å². The minimum absolute atomic E-state index is 0.187. The molecule has 1 aromatic rings. The van der Waals surface area contributed by atoms with E-state index in [4.69, 9.17) is 10.5 Å². The molecule has 0 radical (unpaired) electrons. The van der Waals surface area contributed by atoms with Crippen LogP contribution in [0.25, 0.3) is 0 Å². The van der Waals surface area contributed by atoms with Crippen LogP contribution in [0, 0.1) is 0 Å². The Morgan fingerprint density at radius 1 is 1.65 bits per heavy atom. The zero-order chi connectivity index (χ0) is 12.5. The highest BCUT2D eigenvalue weighted by atomic mass is 32.1. The number of rotatable bonds is 8. The van der Waals surface area contributed by atoms with Crippen LogP contribution in [0.15, 0.2) is 18.0 Å². The van der Waals surface area contributed by atoms with Crippen LogP contribution < -0.4 is 11.1 Å². The van der Waals surface area contributed by atoms with Gasteiger partial charge in [0.15, 0.2) is 0 Å². The molecule has 0 saturated heterocycles. The van der Waals surface area contributed by atoms with Crippen molar-refractivity contribution >= 4 is 17.2 Å². The maximum Gasteiger partial charge on any atom is 0.270 e. The van der Waals surface area contributed by atoms with Crippen molar-refractivity contribution in [3.05, 3.63) is 28.7 Å². The molecule has 1 rings (SSSR count). The summed E-state index contributed by atoms with van der Waals surface area (Å²) in [5.74, 6) is -0.187. The maximum atomic E-state index is 11.6. The van der Waals surface area contributed by atoms with E-state index in [1.54, 1.807) is 11.5 Å². The SMILES string of the molecule is C=CCCOCCNC(=O)c1csc(CN)n1. The number of carbonyl (C=O) groups excluding carboxylic acids is 1. The lowest BCUT2D eigenvalue weighted by atomic mass is 10.4. The summed E-state index contributed by atoms with van der Waals surface area (Å²) in [6, 6.07) is 0. The Labute approximate surface area is 105 Å². The monoisotopic (exact) mass is 255 g/mol. The molecule has 0 aromatic carbocycles. The molecule has 5 nitrogen and oxygen atoms in total. The normalized spacial score (nSPS) is 10.2. The van der Waals surface area contributed by atoms with Gasteiger partial charge in [-0.1, -0.05) is 6.08 Å². The zero-order valence-corrected chi connectivity index (χ0v) is 10.5. The van der Waals surface area contributed by atoms with E-state index in [0.717, 1.165) is 11.4 Å². The molecule has 1 amide bonds. The van der Waals surface area contributed by atoms with Gasteiger partial charge in [-0.05, 0) is 6.42 Å². The number of nitrogens with zero attached hydrogens (tertiary/aromatic N) is 1. The molecule has 0 atom stereocenters. The summed E-state index contributed by atoms with van der Waals surface area (Å²) in [6.45, 7) is 5.56. The maximum absolute atomic E-state index is 11.6. The highest BCUT2D eigenvalue weighted by Gasteiger charge is 2.08. The number of hydrogen-bond donors (Lipinski definition) is 2. The third-order valence-corrected chi connectivity index (χ3v) is 2.83. The molecule has 0 spiro atoms. The van der Waals surface area contributed by atoms with Crippen LogP contribution in [-0.4, -0.2) is 30.6 Å². The summed E-state index contributed by atoms with van der Waals surface area (Å²) in [5, 5.41) is 5.19. The molecule has 0 fully saturated rings. The number of thiazole rings is 1. The van der Waals surface area contributed by atoms with Gasteiger partial charge in [0.25, 0.3) is 5.91 Å². The fourth-order valence-corrected chi connectivity index (χ4v) is 1.76. The summed E-state index contributed by atoms with van der Waals surface area (Å²) in [5.41, 5.74) is 5.84. The zero-order valence-electron chi connectivity index (χ0n) is 9.65. The standard InChI is InChI=1S/C11H17N3O2S/c1-2-3-5-16-6-4-13-11(15)9-8-17-10(7-12)14-9/h2,8H,1,3-7,12H2,(H,13,15). The second-order valence-electron chi connectivity index (χ2n) is 3.28. The first kappa shape index (κ1) is 13.8. The number of nitrogens with two attached hydrogens (primary N) is 1. The number of hydrogen-bond acceptors (Lipinski definition) is 5. The fraction of sp³-hybridized carbons (Fsp3) is 0.455. The van der Waals surface area contributed by atoms with Gasteiger partial charge in [0.1, 0.15) is 10.7 Å². The number of amides is 1. The van der Waals surface area contributed by atoms with Crippen molar-refractivity contribution in [3.8, 4) is 0 Å². The van der Waals surface area contributed by atoms with Crippen LogP contribution in [0.3, 0.4) is 0 Å². The molecular formula is C11H17N3O2S. The number of aromatic nitrogens is 1.